The molecule has 3 rings (SSSR count). The van der Waals surface area contributed by atoms with Gasteiger partial charge in [-0.1, -0.05) is 24.3 Å². The topological polar surface area (TPSA) is 73.8 Å². The Morgan fingerprint density at radius 2 is 1.64 bits per heavy atom. The first-order valence-electron chi connectivity index (χ1n) is 8.11. The highest BCUT2D eigenvalue weighted by Crippen LogP contribution is 2.17. The highest BCUT2D eigenvalue weighted by Gasteiger charge is 2.16. The van der Waals surface area contributed by atoms with Gasteiger partial charge in [0.05, 0.1) is 11.4 Å². The predicted octanol–water partition coefficient (Wildman–Crippen LogP) is 1.90. The lowest BCUT2D eigenvalue weighted by atomic mass is 10.0. The minimum absolute atomic E-state index is 0.311. The minimum Gasteiger partial charge on any atom is -0.354 e. The van der Waals surface area contributed by atoms with E-state index in [0.29, 0.717) is 4.90 Å². The summed E-state index contributed by atoms with van der Waals surface area (Å²) in [4.78, 5) is 4.61. The van der Waals surface area contributed by atoms with E-state index in [1.54, 1.807) is 12.1 Å². The Kier molecular flexibility index (Phi) is 5.06. The second kappa shape index (κ2) is 7.25. The molecule has 0 aromatic heterocycles. The van der Waals surface area contributed by atoms with Crippen LogP contribution in [-0.2, 0) is 16.4 Å². The molecule has 0 amide bonds. The zero-order valence-electron chi connectivity index (χ0n) is 14.4. The van der Waals surface area contributed by atoms with Crippen LogP contribution in [0, 0.1) is 0 Å². The van der Waals surface area contributed by atoms with E-state index in [2.05, 4.69) is 27.8 Å². The van der Waals surface area contributed by atoms with Crippen LogP contribution in [0.1, 0.15) is 11.1 Å². The van der Waals surface area contributed by atoms with Crippen molar-refractivity contribution >= 4 is 21.7 Å². The molecule has 2 N–H and O–H groups in total. The van der Waals surface area contributed by atoms with Gasteiger partial charge < -0.3 is 10.6 Å². The first-order chi connectivity index (χ1) is 11.9. The molecule has 7 heteroatoms. The number of nitrogens with zero attached hydrogens (tertiary/aromatic N) is 2. The minimum atomic E-state index is -3.38. The van der Waals surface area contributed by atoms with Gasteiger partial charge >= 0.3 is 0 Å². The average molecular weight is 358 g/mol. The number of guanidine groups is 1. The Bertz CT molecular complexity index is 857. The first kappa shape index (κ1) is 17.4. The Morgan fingerprint density at radius 3 is 2.16 bits per heavy atom. The maximum atomic E-state index is 12.1. The van der Waals surface area contributed by atoms with Crippen LogP contribution in [0.5, 0.6) is 0 Å². The van der Waals surface area contributed by atoms with Gasteiger partial charge in [0.15, 0.2) is 5.96 Å². The number of rotatable bonds is 5. The zero-order valence-corrected chi connectivity index (χ0v) is 15.2. The summed E-state index contributed by atoms with van der Waals surface area (Å²) >= 11 is 0. The fraction of sp³-hybridized carbons (Fsp3) is 0.278. The third-order valence-electron chi connectivity index (χ3n) is 4.00. The molecule has 0 bridgehead atoms. The summed E-state index contributed by atoms with van der Waals surface area (Å²) in [5.74, 6) is 0.811. The van der Waals surface area contributed by atoms with Gasteiger partial charge in [0.2, 0.25) is 10.0 Å². The number of benzene rings is 2. The van der Waals surface area contributed by atoms with Gasteiger partial charge in [-0.2, -0.15) is 0 Å². The standard InChI is InChI=1S/C18H22N4O2S/c1-22(2)25(23,24)17-9-5-15(6-10-17)13-14-3-7-16(8-4-14)21-18-19-11-12-20-18/h3-10H,11-13H2,1-2H3,(H2,19,20,21). The molecule has 25 heavy (non-hydrogen) atoms. The van der Waals surface area contributed by atoms with Gasteiger partial charge in [-0.05, 0) is 41.8 Å². The van der Waals surface area contributed by atoms with Crippen LogP contribution in [0.25, 0.3) is 0 Å². The summed E-state index contributed by atoms with van der Waals surface area (Å²) < 4.78 is 25.4. The highest BCUT2D eigenvalue weighted by atomic mass is 32.2. The molecule has 0 radical (unpaired) electrons. The molecule has 1 aliphatic rings. The quantitative estimate of drug-likeness (QED) is 0.856. The van der Waals surface area contributed by atoms with Gasteiger partial charge in [-0.3, -0.25) is 4.99 Å². The summed E-state index contributed by atoms with van der Waals surface area (Å²) in [6.07, 6.45) is 0.752. The third-order valence-corrected chi connectivity index (χ3v) is 5.83. The SMILES string of the molecule is CN(C)S(=O)(=O)c1ccc(Cc2ccc(NC3=NCCN3)cc2)cc1. The van der Waals surface area contributed by atoms with Gasteiger partial charge in [0.1, 0.15) is 0 Å². The van der Waals surface area contributed by atoms with Crippen molar-refractivity contribution < 1.29 is 8.42 Å². The number of nitrogens with one attached hydrogen (secondary N) is 2. The molecule has 1 aliphatic heterocycles. The number of hydrogen-bond acceptors (Lipinski definition) is 5. The first-order valence-corrected chi connectivity index (χ1v) is 9.55. The van der Waals surface area contributed by atoms with Crippen LogP contribution in [0.3, 0.4) is 0 Å². The highest BCUT2D eigenvalue weighted by molar-refractivity contribution is 7.89. The summed E-state index contributed by atoms with van der Waals surface area (Å²) in [5, 5.41) is 6.41. The van der Waals surface area contributed by atoms with E-state index in [1.165, 1.54) is 18.4 Å². The van der Waals surface area contributed by atoms with Crippen molar-refractivity contribution in [2.45, 2.75) is 11.3 Å². The molecular weight excluding hydrogens is 336 g/mol. The van der Waals surface area contributed by atoms with E-state index in [-0.39, 0.29) is 0 Å². The zero-order chi connectivity index (χ0) is 17.9. The van der Waals surface area contributed by atoms with E-state index < -0.39 is 10.0 Å². The lowest BCUT2D eigenvalue weighted by molar-refractivity contribution is 0.520. The lowest BCUT2D eigenvalue weighted by Crippen LogP contribution is -2.26. The van der Waals surface area contributed by atoms with Gasteiger partial charge in [-0.25, -0.2) is 12.7 Å². The van der Waals surface area contributed by atoms with Gasteiger partial charge in [0, 0.05) is 26.3 Å². The molecule has 0 unspecified atom stereocenters. The summed E-state index contributed by atoms with van der Waals surface area (Å²) in [5.41, 5.74) is 3.22. The fourth-order valence-electron chi connectivity index (χ4n) is 2.55. The van der Waals surface area contributed by atoms with Crippen LogP contribution in [0.2, 0.25) is 0 Å². The normalized spacial score (nSPS) is 14.3. The third kappa shape index (κ3) is 4.18. The van der Waals surface area contributed by atoms with E-state index >= 15 is 0 Å². The maximum absolute atomic E-state index is 12.1. The van der Waals surface area contributed by atoms with Crippen molar-refractivity contribution in [2.75, 3.05) is 32.5 Å². The number of sulfonamides is 1. The Balaban J connectivity index is 1.66. The van der Waals surface area contributed by atoms with Crippen molar-refractivity contribution in [3.8, 4) is 0 Å². The molecule has 2 aromatic carbocycles. The number of hydrogen-bond donors (Lipinski definition) is 2. The van der Waals surface area contributed by atoms with Crippen molar-refractivity contribution in [3.63, 3.8) is 0 Å². The van der Waals surface area contributed by atoms with Crippen LogP contribution < -0.4 is 10.6 Å². The van der Waals surface area contributed by atoms with Crippen molar-refractivity contribution in [1.29, 1.82) is 0 Å². The Labute approximate surface area is 148 Å². The molecule has 0 atom stereocenters. The van der Waals surface area contributed by atoms with Crippen molar-refractivity contribution in [3.05, 3.63) is 59.7 Å². The second-order valence-corrected chi connectivity index (χ2v) is 8.24. The van der Waals surface area contributed by atoms with Crippen LogP contribution in [0.4, 0.5) is 5.69 Å². The molecule has 0 saturated heterocycles. The van der Waals surface area contributed by atoms with Crippen molar-refractivity contribution in [2.24, 2.45) is 4.99 Å². The molecule has 132 valence electrons. The molecule has 1 heterocycles. The fourth-order valence-corrected chi connectivity index (χ4v) is 3.45. The molecule has 0 aliphatic carbocycles. The van der Waals surface area contributed by atoms with Gasteiger partial charge in [-0.15, -0.1) is 0 Å². The monoisotopic (exact) mass is 358 g/mol. The smallest absolute Gasteiger partial charge is 0.242 e. The van der Waals surface area contributed by atoms with E-state index in [1.807, 2.05) is 24.3 Å². The van der Waals surface area contributed by atoms with Crippen LogP contribution in [-0.4, -0.2) is 45.9 Å². The van der Waals surface area contributed by atoms with E-state index in [9.17, 15) is 8.42 Å². The second-order valence-electron chi connectivity index (χ2n) is 6.09. The van der Waals surface area contributed by atoms with Crippen LogP contribution in [0.15, 0.2) is 58.4 Å². The summed E-state index contributed by atoms with van der Waals surface area (Å²) in [6, 6.07) is 15.2. The predicted molar refractivity (Wildman–Crippen MR) is 100 cm³/mol. The molecule has 0 spiro atoms. The lowest BCUT2D eigenvalue weighted by Gasteiger charge is -2.12. The summed E-state index contributed by atoms with van der Waals surface area (Å²) in [6.45, 7) is 1.68. The van der Waals surface area contributed by atoms with Gasteiger partial charge in [0.25, 0.3) is 0 Å². The Morgan fingerprint density at radius 1 is 1.04 bits per heavy atom. The Hall–Kier alpha value is -2.38. The number of anilines is 1. The molecule has 0 fully saturated rings. The maximum Gasteiger partial charge on any atom is 0.242 e. The molecule has 6 nitrogen and oxygen atoms in total. The molecule has 2 aromatic rings. The summed E-state index contributed by atoms with van der Waals surface area (Å²) in [7, 11) is -0.309. The molecule has 0 saturated carbocycles. The molecular formula is C18H22N4O2S. The largest absolute Gasteiger partial charge is 0.354 e. The van der Waals surface area contributed by atoms with Crippen LogP contribution >= 0.6 is 0 Å². The number of aliphatic imine (C=N–C) groups is 1. The average Bonchev–Trinajstić information content (AvgIpc) is 3.10. The van der Waals surface area contributed by atoms with Crippen molar-refractivity contribution in [1.82, 2.24) is 9.62 Å². The van der Waals surface area contributed by atoms with E-state index in [4.69, 9.17) is 0 Å². The van der Waals surface area contributed by atoms with E-state index in [0.717, 1.165) is 42.3 Å².